The van der Waals surface area contributed by atoms with Crippen LogP contribution in [0.15, 0.2) is 23.4 Å². The molecule has 2 unspecified atom stereocenters. The lowest BCUT2D eigenvalue weighted by molar-refractivity contribution is -0.0908. The van der Waals surface area contributed by atoms with Crippen molar-refractivity contribution in [2.24, 2.45) is 5.41 Å². The van der Waals surface area contributed by atoms with Crippen molar-refractivity contribution in [3.05, 3.63) is 18.3 Å². The maximum absolute atomic E-state index is 12.6. The van der Waals surface area contributed by atoms with Crippen LogP contribution in [0.1, 0.15) is 27.2 Å². The van der Waals surface area contributed by atoms with E-state index < -0.39 is 10.0 Å². The average molecular weight is 313 g/mol. The summed E-state index contributed by atoms with van der Waals surface area (Å²) in [5.74, 6) is 0. The SMILES string of the molecule is CCNc1cccnc1S(=O)(=O)NC1CC(OC)C1(C)C. The Labute approximate surface area is 126 Å². The maximum Gasteiger partial charge on any atom is 0.260 e. The topological polar surface area (TPSA) is 80.3 Å². The Hall–Kier alpha value is -1.18. The Morgan fingerprint density at radius 3 is 2.76 bits per heavy atom. The van der Waals surface area contributed by atoms with Gasteiger partial charge in [-0.15, -0.1) is 0 Å². The molecule has 1 fully saturated rings. The second-order valence-corrected chi connectivity index (χ2v) is 7.47. The number of nitrogens with zero attached hydrogens (tertiary/aromatic N) is 1. The highest BCUT2D eigenvalue weighted by Gasteiger charge is 2.50. The first-order valence-corrected chi connectivity index (χ1v) is 8.55. The molecule has 0 saturated heterocycles. The molecular formula is C14H23N3O3S. The van der Waals surface area contributed by atoms with E-state index in [1.54, 1.807) is 19.2 Å². The smallest absolute Gasteiger partial charge is 0.260 e. The molecule has 0 amide bonds. The van der Waals surface area contributed by atoms with Gasteiger partial charge in [0.25, 0.3) is 10.0 Å². The van der Waals surface area contributed by atoms with Gasteiger partial charge in [-0.05, 0) is 25.5 Å². The summed E-state index contributed by atoms with van der Waals surface area (Å²) in [5, 5.41) is 3.07. The van der Waals surface area contributed by atoms with Crippen molar-refractivity contribution in [3.8, 4) is 0 Å². The van der Waals surface area contributed by atoms with Crippen LogP contribution in [-0.2, 0) is 14.8 Å². The molecule has 2 atom stereocenters. The molecule has 2 N–H and O–H groups in total. The predicted molar refractivity (Wildman–Crippen MR) is 81.7 cm³/mol. The molecule has 118 valence electrons. The van der Waals surface area contributed by atoms with Crippen molar-refractivity contribution in [2.75, 3.05) is 19.0 Å². The van der Waals surface area contributed by atoms with Crippen LogP contribution in [0.5, 0.6) is 0 Å². The van der Waals surface area contributed by atoms with Crippen LogP contribution in [0, 0.1) is 5.41 Å². The molecule has 1 saturated carbocycles. The van der Waals surface area contributed by atoms with E-state index >= 15 is 0 Å². The number of aromatic nitrogens is 1. The number of hydrogen-bond donors (Lipinski definition) is 2. The lowest BCUT2D eigenvalue weighted by Crippen LogP contribution is -2.61. The second kappa shape index (κ2) is 5.90. The van der Waals surface area contributed by atoms with Crippen LogP contribution in [-0.4, -0.2) is 39.2 Å². The third-order valence-electron chi connectivity index (χ3n) is 4.15. The molecule has 7 heteroatoms. The monoisotopic (exact) mass is 313 g/mol. The Morgan fingerprint density at radius 1 is 1.48 bits per heavy atom. The number of ether oxygens (including phenoxy) is 1. The zero-order valence-corrected chi connectivity index (χ0v) is 13.7. The van der Waals surface area contributed by atoms with Crippen LogP contribution in [0.2, 0.25) is 0 Å². The molecule has 0 radical (unpaired) electrons. The highest BCUT2D eigenvalue weighted by Crippen LogP contribution is 2.43. The van der Waals surface area contributed by atoms with E-state index in [0.29, 0.717) is 18.7 Å². The Morgan fingerprint density at radius 2 is 2.19 bits per heavy atom. The quantitative estimate of drug-likeness (QED) is 0.834. The van der Waals surface area contributed by atoms with Crippen molar-refractivity contribution < 1.29 is 13.2 Å². The Bertz CT molecular complexity index is 601. The van der Waals surface area contributed by atoms with Crippen LogP contribution >= 0.6 is 0 Å². The molecule has 1 aromatic heterocycles. The van der Waals surface area contributed by atoms with Gasteiger partial charge in [-0.1, -0.05) is 13.8 Å². The Kier molecular flexibility index (Phi) is 4.55. The van der Waals surface area contributed by atoms with Crippen molar-refractivity contribution in [1.82, 2.24) is 9.71 Å². The fourth-order valence-corrected chi connectivity index (χ4v) is 4.17. The summed E-state index contributed by atoms with van der Waals surface area (Å²) in [6.07, 6.45) is 2.23. The summed E-state index contributed by atoms with van der Waals surface area (Å²) in [4.78, 5) is 4.02. The summed E-state index contributed by atoms with van der Waals surface area (Å²) < 4.78 is 33.2. The molecule has 21 heavy (non-hydrogen) atoms. The van der Waals surface area contributed by atoms with Gasteiger partial charge in [0.1, 0.15) is 0 Å². The number of methoxy groups -OCH3 is 1. The third kappa shape index (κ3) is 3.04. The second-order valence-electron chi connectivity index (χ2n) is 5.84. The molecule has 0 bridgehead atoms. The third-order valence-corrected chi connectivity index (χ3v) is 5.58. The van der Waals surface area contributed by atoms with E-state index in [0.717, 1.165) is 0 Å². The van der Waals surface area contributed by atoms with E-state index in [-0.39, 0.29) is 22.6 Å². The number of rotatable bonds is 6. The lowest BCUT2D eigenvalue weighted by atomic mass is 9.65. The first kappa shape index (κ1) is 16.2. The van der Waals surface area contributed by atoms with Crippen molar-refractivity contribution in [3.63, 3.8) is 0 Å². The number of nitrogens with one attached hydrogen (secondary N) is 2. The molecule has 0 spiro atoms. The summed E-state index contributed by atoms with van der Waals surface area (Å²) in [6.45, 7) is 6.55. The first-order chi connectivity index (χ1) is 9.82. The first-order valence-electron chi connectivity index (χ1n) is 7.07. The van der Waals surface area contributed by atoms with Gasteiger partial charge in [0.2, 0.25) is 0 Å². The molecule has 1 aliphatic carbocycles. The van der Waals surface area contributed by atoms with Crippen LogP contribution in [0.4, 0.5) is 5.69 Å². The highest BCUT2D eigenvalue weighted by atomic mass is 32.2. The van der Waals surface area contributed by atoms with Crippen LogP contribution in [0.3, 0.4) is 0 Å². The molecule has 0 aliphatic heterocycles. The van der Waals surface area contributed by atoms with Gasteiger partial charge in [0.15, 0.2) is 5.03 Å². The minimum atomic E-state index is -3.66. The molecule has 6 nitrogen and oxygen atoms in total. The maximum atomic E-state index is 12.6. The standard InChI is InChI=1S/C14H23N3O3S/c1-5-15-10-7-6-8-16-13(10)21(18,19)17-11-9-12(20-4)14(11,2)3/h6-8,11-12,15,17H,5,9H2,1-4H3. The van der Waals surface area contributed by atoms with Crippen molar-refractivity contribution in [2.45, 2.75) is 44.4 Å². The summed E-state index contributed by atoms with van der Waals surface area (Å²) in [5.41, 5.74) is 0.294. The molecule has 1 aromatic rings. The molecule has 1 aliphatic rings. The fraction of sp³-hybridized carbons (Fsp3) is 0.643. The summed E-state index contributed by atoms with van der Waals surface area (Å²) >= 11 is 0. The van der Waals surface area contributed by atoms with E-state index in [2.05, 4.69) is 15.0 Å². The normalized spacial score (nSPS) is 24.4. The van der Waals surface area contributed by atoms with Crippen molar-refractivity contribution in [1.29, 1.82) is 0 Å². The Balaban J connectivity index is 2.21. The van der Waals surface area contributed by atoms with Gasteiger partial charge in [0, 0.05) is 31.3 Å². The van der Waals surface area contributed by atoms with Gasteiger partial charge >= 0.3 is 0 Å². The summed E-state index contributed by atoms with van der Waals surface area (Å²) in [7, 11) is -2.00. The van der Waals surface area contributed by atoms with Gasteiger partial charge in [-0.3, -0.25) is 0 Å². The summed E-state index contributed by atoms with van der Waals surface area (Å²) in [6, 6.07) is 3.28. The molecular weight excluding hydrogens is 290 g/mol. The largest absolute Gasteiger partial charge is 0.383 e. The van der Waals surface area contributed by atoms with Gasteiger partial charge < -0.3 is 10.1 Å². The number of anilines is 1. The number of hydrogen-bond acceptors (Lipinski definition) is 5. The zero-order chi connectivity index (χ0) is 15.7. The van der Waals surface area contributed by atoms with E-state index in [4.69, 9.17) is 4.74 Å². The minimum Gasteiger partial charge on any atom is -0.383 e. The zero-order valence-electron chi connectivity index (χ0n) is 12.9. The predicted octanol–water partition coefficient (Wildman–Crippen LogP) is 1.61. The van der Waals surface area contributed by atoms with Gasteiger partial charge in [-0.25, -0.2) is 18.1 Å². The van der Waals surface area contributed by atoms with Gasteiger partial charge in [0.05, 0.1) is 11.8 Å². The van der Waals surface area contributed by atoms with Crippen LogP contribution < -0.4 is 10.0 Å². The molecule has 1 heterocycles. The van der Waals surface area contributed by atoms with Crippen LogP contribution in [0.25, 0.3) is 0 Å². The van der Waals surface area contributed by atoms with E-state index in [9.17, 15) is 8.42 Å². The van der Waals surface area contributed by atoms with Crippen molar-refractivity contribution >= 4 is 15.7 Å². The molecule has 0 aromatic carbocycles. The lowest BCUT2D eigenvalue weighted by Gasteiger charge is -2.50. The highest BCUT2D eigenvalue weighted by molar-refractivity contribution is 7.89. The van der Waals surface area contributed by atoms with Gasteiger partial charge in [-0.2, -0.15) is 0 Å². The molecule has 2 rings (SSSR count). The van der Waals surface area contributed by atoms with E-state index in [1.165, 1.54) is 6.20 Å². The minimum absolute atomic E-state index is 0.0449. The van der Waals surface area contributed by atoms with E-state index in [1.807, 2.05) is 20.8 Å². The fourth-order valence-electron chi connectivity index (χ4n) is 2.66. The number of pyridine rings is 1. The average Bonchev–Trinajstić information content (AvgIpc) is 2.44. The number of sulfonamides is 1.